The number of benzene rings is 7. The maximum Gasteiger partial charge on any atom is 0.153 e. The van der Waals surface area contributed by atoms with E-state index < -0.39 is 10.0 Å². The van der Waals surface area contributed by atoms with E-state index in [0.29, 0.717) is 0 Å². The first-order valence-corrected chi connectivity index (χ1v) is 39.3. The van der Waals surface area contributed by atoms with E-state index in [-0.39, 0.29) is 158 Å². The third kappa shape index (κ3) is 19.4. The summed E-state index contributed by atoms with van der Waals surface area (Å²) in [7, 11) is -0.818. The topological polar surface area (TPSA) is 108 Å². The van der Waals surface area contributed by atoms with Crippen molar-refractivity contribution in [3.8, 4) is 33.4 Å². The maximum absolute atomic E-state index is 5.59. The number of furan rings is 1. The van der Waals surface area contributed by atoms with Crippen LogP contribution in [-0.4, -0.2) is 51.0 Å². The Balaban J connectivity index is 0.000000156. The zero-order chi connectivity index (χ0) is 70.9. The van der Waals surface area contributed by atoms with Gasteiger partial charge in [-0.25, -0.2) is 0 Å². The van der Waals surface area contributed by atoms with E-state index >= 15 is 0 Å². The Hall–Kier alpha value is -5.98. The van der Waals surface area contributed by atoms with Crippen LogP contribution in [0.15, 0.2) is 313 Å². The van der Waals surface area contributed by atoms with Gasteiger partial charge < -0.3 is 8.98 Å². The van der Waals surface area contributed by atoms with E-state index in [9.17, 15) is 0 Å². The number of aromatic nitrogens is 8. The third-order valence-corrected chi connectivity index (χ3v) is 25.2. The molecule has 0 atom stereocenters. The van der Waals surface area contributed by atoms with Crippen molar-refractivity contribution < 1.29 is 155 Å². The Morgan fingerprint density at radius 1 is 0.324 bits per heavy atom. The van der Waals surface area contributed by atoms with Crippen LogP contribution in [0.5, 0.6) is 0 Å². The van der Waals surface area contributed by atoms with Gasteiger partial charge in [0.2, 0.25) is 0 Å². The quantitative estimate of drug-likeness (QED) is 0.171. The molecule has 1 aliphatic heterocycles. The first-order chi connectivity index (χ1) is 50.9. The van der Waals surface area contributed by atoms with Gasteiger partial charge in [0.1, 0.15) is 5.58 Å². The standard InChI is InChI=1S/C15H17NS.C14H14N2.2C12H9N.C11H7NO.2C11H7NS.C3H8.C2H6.CH4.4Ar/c1-3-17(4-2)14-8-6-5-7-12(14)13-9-10-16-11-15(13)17;1-2-9-16-13-6-4-3-5-11(13)12-7-8-15-10-14(12)16;1-2-4-11-9(3-1)7-10-8-13-6-5-12(10)11;1-2-4-11-9(3-1)7-10-5-6-13-8-12(10)11;1-2-4-10-8(3-1)9-5-6-12-7-11(9)13-10;1-2-4-10-8(3-1)9-7-12-6-5-11(9)13-10;1-2-4-10-8(3-1)9-5-6-12-7-11(9)13-10;1-3-2;1-2;;;;;/h5-11H,3-4H2,1-2H3;3-8,10H,2,9H2,1H3;2*1-6,8H,7H2;3*1-7H;3H2,1-2H3;1-2H3;1H4;;;;. The summed E-state index contributed by atoms with van der Waals surface area (Å²) in [5, 5.41) is 10.2. The number of rotatable bonds is 4. The molecule has 11 aromatic heterocycles. The summed E-state index contributed by atoms with van der Waals surface area (Å²) in [5.41, 5.74) is 18.1. The Morgan fingerprint density at radius 2 is 0.750 bits per heavy atom. The number of hydrogen-bond donors (Lipinski definition) is 0. The number of nitrogens with zero attached hydrogens (tertiary/aromatic N) is 8. The van der Waals surface area contributed by atoms with Crippen molar-refractivity contribution in [2.75, 3.05) is 11.5 Å². The van der Waals surface area contributed by atoms with Gasteiger partial charge in [-0.3, -0.25) is 34.9 Å². The van der Waals surface area contributed by atoms with Crippen LogP contribution in [0.3, 0.4) is 0 Å². The van der Waals surface area contributed by atoms with Gasteiger partial charge in [0.25, 0.3) is 0 Å². The number of thiophene rings is 2. The van der Waals surface area contributed by atoms with E-state index in [0.717, 1.165) is 47.7 Å². The fourth-order valence-electron chi connectivity index (χ4n) is 13.9. The molecule has 12 heterocycles. The number of hydrogen-bond acceptors (Lipinski definition) is 10. The Labute approximate surface area is 764 Å². The molecule has 2 aliphatic carbocycles. The Kier molecular flexibility index (Phi) is 35.0. The van der Waals surface area contributed by atoms with Crippen LogP contribution in [0.2, 0.25) is 0 Å². The summed E-state index contributed by atoms with van der Waals surface area (Å²) in [4.78, 5) is 32.2. The molecule has 0 bridgehead atoms. The predicted octanol–water partition coefficient (Wildman–Crippen LogP) is 26.2. The molecule has 0 saturated carbocycles. The van der Waals surface area contributed by atoms with Crippen LogP contribution >= 0.6 is 32.7 Å². The second kappa shape index (κ2) is 43.2. The molecule has 0 amide bonds. The van der Waals surface area contributed by atoms with Gasteiger partial charge in [-0.15, -0.1) is 22.7 Å². The number of para-hydroxylation sites is 2. The van der Waals surface area contributed by atoms with Crippen LogP contribution < -0.4 is 0 Å². The summed E-state index contributed by atoms with van der Waals surface area (Å²) in [6.07, 6.45) is 31.1. The summed E-state index contributed by atoms with van der Waals surface area (Å²) in [6, 6.07) is 74.1. The summed E-state index contributed by atoms with van der Waals surface area (Å²) in [5.74, 6) is 2.44. The SMILES string of the molecule is C.CC.CCC.CCCn1c2ccccc2c2ccncc21.CCS1(CC)c2ccccc2-c2ccncc21.[Ar].[Ar].[Ar].[Ar].c1ccc2c(c1)Cc1ccncc1-2.c1ccc2c(c1)Cc1cnccc1-2.c1ccc2c(c1)oc1cnccc12.c1ccc2c(c1)sc1ccncc12.c1ccc2c(c1)sc1cnccc12. The van der Waals surface area contributed by atoms with Crippen LogP contribution in [0, 0.1) is 151 Å². The summed E-state index contributed by atoms with van der Waals surface area (Å²) >= 11 is 3.62. The molecule has 0 radical (unpaired) electrons. The van der Waals surface area contributed by atoms with Gasteiger partial charge in [-0.05, 0) is 147 Å². The van der Waals surface area contributed by atoms with Gasteiger partial charge in [0.15, 0.2) is 5.58 Å². The number of pyridine rings is 7. The third-order valence-electron chi connectivity index (χ3n) is 18.5. The Bertz CT molecular complexity index is 5190. The number of fused-ring (bicyclic) bond motifs is 21. The van der Waals surface area contributed by atoms with Crippen molar-refractivity contribution in [3.05, 3.63) is 321 Å². The molecule has 9 nitrogen and oxygen atoms in total. The molecule has 0 N–H and O–H groups in total. The molecule has 0 fully saturated rings. The van der Waals surface area contributed by atoms with E-state index in [1.165, 1.54) is 141 Å². The van der Waals surface area contributed by atoms with Gasteiger partial charge >= 0.3 is 0 Å². The number of aryl methyl sites for hydroxylation is 1. The van der Waals surface area contributed by atoms with Crippen molar-refractivity contribution in [2.45, 2.75) is 97.9 Å². The zero-order valence-corrected chi connectivity index (χ0v) is 66.1. The van der Waals surface area contributed by atoms with E-state index in [2.05, 4.69) is 268 Å². The molecule has 108 heavy (non-hydrogen) atoms. The first kappa shape index (κ1) is 87.6. The van der Waals surface area contributed by atoms with E-state index in [1.54, 1.807) is 28.6 Å². The molecule has 552 valence electrons. The van der Waals surface area contributed by atoms with E-state index in [1.807, 2.05) is 118 Å². The average molecular weight is 1580 g/mol. The molecule has 16 heteroatoms. The molecule has 0 saturated heterocycles. The fourth-order valence-corrected chi connectivity index (χ4v) is 19.7. The monoisotopic (exact) mass is 1580 g/mol. The summed E-state index contributed by atoms with van der Waals surface area (Å²) < 4.78 is 13.2. The largest absolute Gasteiger partial charge is 0.454 e. The smallest absolute Gasteiger partial charge is 0.153 e. The minimum Gasteiger partial charge on any atom is -0.454 e. The second-order valence-electron chi connectivity index (χ2n) is 24.7. The van der Waals surface area contributed by atoms with Crippen molar-refractivity contribution in [1.29, 1.82) is 0 Å². The molecular formula is C92H88Ar4N8OS3. The van der Waals surface area contributed by atoms with Crippen LogP contribution in [0.1, 0.15) is 91.0 Å². The van der Waals surface area contributed by atoms with Crippen molar-refractivity contribution in [3.63, 3.8) is 0 Å². The van der Waals surface area contributed by atoms with Gasteiger partial charge in [-0.2, -0.15) is 10.0 Å². The molecular weight excluding hydrogens is 1490 g/mol. The minimum absolute atomic E-state index is 0. The second-order valence-corrected chi connectivity index (χ2v) is 30.7. The maximum atomic E-state index is 5.59. The Morgan fingerprint density at radius 3 is 1.45 bits per heavy atom. The molecule has 21 rings (SSSR count). The predicted molar refractivity (Wildman–Crippen MR) is 447 cm³/mol. The fraction of sp³-hybridized carbons (Fsp3) is 0.163. The first-order valence-electron chi connectivity index (χ1n) is 35.7. The van der Waals surface area contributed by atoms with E-state index in [4.69, 9.17) is 4.42 Å². The minimum atomic E-state index is -0.818. The zero-order valence-electron chi connectivity index (χ0n) is 60.9. The molecule has 18 aromatic rings. The summed E-state index contributed by atoms with van der Waals surface area (Å²) in [6.45, 7) is 16.1. The van der Waals surface area contributed by atoms with Crippen LogP contribution in [-0.2, 0) is 19.4 Å². The molecule has 0 spiro atoms. The molecule has 0 unspecified atom stereocenters. The van der Waals surface area contributed by atoms with Crippen LogP contribution in [0.25, 0.3) is 117 Å². The molecule has 3 aliphatic rings. The van der Waals surface area contributed by atoms with Gasteiger partial charge in [0, 0.05) is 316 Å². The van der Waals surface area contributed by atoms with Crippen LogP contribution in [0.4, 0.5) is 0 Å². The van der Waals surface area contributed by atoms with Crippen molar-refractivity contribution >= 4 is 117 Å². The van der Waals surface area contributed by atoms with Gasteiger partial charge in [0.05, 0.1) is 22.6 Å². The average Bonchev–Trinajstić information content (AvgIpc) is 1.57. The van der Waals surface area contributed by atoms with Crippen molar-refractivity contribution in [1.82, 2.24) is 39.5 Å². The van der Waals surface area contributed by atoms with Crippen molar-refractivity contribution in [2.24, 2.45) is 0 Å². The van der Waals surface area contributed by atoms with Gasteiger partial charge in [-0.1, -0.05) is 202 Å². The normalized spacial score (nSPS) is 11.6. The molecule has 7 aromatic carbocycles.